The van der Waals surface area contributed by atoms with Gasteiger partial charge in [-0.3, -0.25) is 4.79 Å². The highest BCUT2D eigenvalue weighted by Crippen LogP contribution is 2.29. The molecular formula is C11H17N3O3S2. The molecule has 0 radical (unpaired) electrons. The normalized spacial score (nSPS) is 21.7. The molecule has 1 saturated heterocycles. The van der Waals surface area contributed by atoms with Gasteiger partial charge in [-0.15, -0.1) is 10.2 Å². The van der Waals surface area contributed by atoms with Gasteiger partial charge in [-0.1, -0.05) is 11.8 Å². The summed E-state index contributed by atoms with van der Waals surface area (Å²) < 4.78 is 24.8. The molecule has 0 aromatic carbocycles. The highest BCUT2D eigenvalue weighted by Gasteiger charge is 2.32. The third-order valence-corrected chi connectivity index (χ3v) is 5.94. The van der Waals surface area contributed by atoms with Crippen molar-refractivity contribution in [2.75, 3.05) is 17.3 Å². The van der Waals surface area contributed by atoms with E-state index >= 15 is 0 Å². The predicted molar refractivity (Wildman–Crippen MR) is 73.0 cm³/mol. The van der Waals surface area contributed by atoms with Gasteiger partial charge >= 0.3 is 0 Å². The zero-order valence-corrected chi connectivity index (χ0v) is 12.6. The number of carbonyl (C=O) groups excluding carboxylic acids is 1. The largest absolute Gasteiger partial charge is 0.309 e. The molecule has 1 fully saturated rings. The van der Waals surface area contributed by atoms with Crippen molar-refractivity contribution in [3.63, 3.8) is 0 Å². The van der Waals surface area contributed by atoms with Crippen LogP contribution in [0.1, 0.15) is 31.5 Å². The summed E-state index contributed by atoms with van der Waals surface area (Å²) in [6.45, 7) is 1.56. The number of hydrogen-bond acceptors (Lipinski definition) is 6. The lowest BCUT2D eigenvalue weighted by molar-refractivity contribution is -0.116. The third-order valence-electron chi connectivity index (χ3n) is 3.15. The summed E-state index contributed by atoms with van der Waals surface area (Å²) >= 11 is 1.47. The molecule has 1 aliphatic rings. The fraction of sp³-hybridized carbons (Fsp3) is 0.727. The summed E-state index contributed by atoms with van der Waals surface area (Å²) in [6.07, 6.45) is 1.12. The Morgan fingerprint density at radius 1 is 1.47 bits per heavy atom. The van der Waals surface area contributed by atoms with Crippen LogP contribution in [-0.4, -0.2) is 46.2 Å². The van der Waals surface area contributed by atoms with Crippen LogP contribution in [0.4, 0.5) is 0 Å². The maximum absolute atomic E-state index is 11.5. The Kier molecular flexibility index (Phi) is 4.29. The van der Waals surface area contributed by atoms with Gasteiger partial charge in [0, 0.05) is 25.1 Å². The van der Waals surface area contributed by atoms with Crippen molar-refractivity contribution >= 4 is 27.4 Å². The van der Waals surface area contributed by atoms with E-state index in [1.54, 1.807) is 6.92 Å². The second-order valence-electron chi connectivity index (χ2n) is 4.80. The zero-order chi connectivity index (χ0) is 14.0. The lowest BCUT2D eigenvalue weighted by Crippen LogP contribution is -2.09. The Morgan fingerprint density at radius 2 is 2.21 bits per heavy atom. The van der Waals surface area contributed by atoms with Gasteiger partial charge in [0.2, 0.25) is 0 Å². The fourth-order valence-electron chi connectivity index (χ4n) is 2.09. The first-order valence-corrected chi connectivity index (χ1v) is 8.91. The Labute approximate surface area is 116 Å². The van der Waals surface area contributed by atoms with Crippen molar-refractivity contribution in [1.82, 2.24) is 14.8 Å². The number of sulfone groups is 1. The second-order valence-corrected chi connectivity index (χ2v) is 8.09. The van der Waals surface area contributed by atoms with Crippen LogP contribution in [0.2, 0.25) is 0 Å². The van der Waals surface area contributed by atoms with E-state index in [-0.39, 0.29) is 23.2 Å². The molecule has 0 saturated carbocycles. The van der Waals surface area contributed by atoms with E-state index in [4.69, 9.17) is 0 Å². The molecule has 0 aliphatic carbocycles. The fourth-order valence-corrected chi connectivity index (χ4v) is 4.79. The molecule has 8 heteroatoms. The number of carbonyl (C=O) groups is 1. The smallest absolute Gasteiger partial charge is 0.190 e. The standard InChI is InChI=1S/C11H17N3O3S2/c1-8(15)3-5-18-11-13-12-10(14(11)2)9-4-6-19(16,17)7-9/h9H,3-7H2,1-2H3/t9-/m1/s1. The molecule has 0 amide bonds. The summed E-state index contributed by atoms with van der Waals surface area (Å²) in [5.41, 5.74) is 0. The zero-order valence-electron chi connectivity index (χ0n) is 11.0. The molecule has 0 spiro atoms. The van der Waals surface area contributed by atoms with Crippen molar-refractivity contribution in [1.29, 1.82) is 0 Å². The number of thioether (sulfide) groups is 1. The highest BCUT2D eigenvalue weighted by atomic mass is 32.2. The number of hydrogen-bond donors (Lipinski definition) is 0. The maximum atomic E-state index is 11.5. The van der Waals surface area contributed by atoms with Gasteiger partial charge in [-0.25, -0.2) is 8.42 Å². The van der Waals surface area contributed by atoms with Gasteiger partial charge in [-0.05, 0) is 13.3 Å². The highest BCUT2D eigenvalue weighted by molar-refractivity contribution is 7.99. The second kappa shape index (κ2) is 5.62. The number of nitrogens with zero attached hydrogens (tertiary/aromatic N) is 3. The molecule has 2 rings (SSSR count). The minimum atomic E-state index is -2.91. The van der Waals surface area contributed by atoms with Crippen LogP contribution in [0.3, 0.4) is 0 Å². The summed E-state index contributed by atoms with van der Waals surface area (Å²) in [4.78, 5) is 10.9. The lowest BCUT2D eigenvalue weighted by atomic mass is 10.1. The van der Waals surface area contributed by atoms with E-state index in [1.165, 1.54) is 11.8 Å². The quantitative estimate of drug-likeness (QED) is 0.748. The molecule has 106 valence electrons. The predicted octanol–water partition coefficient (Wildman–Crippen LogP) is 0.788. The van der Waals surface area contributed by atoms with Gasteiger partial charge in [0.05, 0.1) is 11.5 Å². The minimum Gasteiger partial charge on any atom is -0.309 e. The Bertz CT molecular complexity index is 580. The van der Waals surface area contributed by atoms with E-state index < -0.39 is 9.84 Å². The molecular weight excluding hydrogens is 286 g/mol. The van der Waals surface area contributed by atoms with Crippen molar-refractivity contribution in [3.05, 3.63) is 5.82 Å². The molecule has 1 aliphatic heterocycles. The minimum absolute atomic E-state index is 0.0512. The Morgan fingerprint density at radius 3 is 2.79 bits per heavy atom. The maximum Gasteiger partial charge on any atom is 0.190 e. The first-order valence-electron chi connectivity index (χ1n) is 6.11. The van der Waals surface area contributed by atoms with Crippen LogP contribution >= 0.6 is 11.8 Å². The van der Waals surface area contributed by atoms with Crippen LogP contribution < -0.4 is 0 Å². The summed E-state index contributed by atoms with van der Waals surface area (Å²) in [6, 6.07) is 0. The first-order chi connectivity index (χ1) is 8.89. The van der Waals surface area contributed by atoms with Crippen LogP contribution in [0.25, 0.3) is 0 Å². The van der Waals surface area contributed by atoms with E-state index in [0.29, 0.717) is 18.6 Å². The van der Waals surface area contributed by atoms with Crippen molar-refractivity contribution < 1.29 is 13.2 Å². The average Bonchev–Trinajstić information content (AvgIpc) is 2.83. The summed E-state index contributed by atoms with van der Waals surface area (Å²) in [5, 5.41) is 8.92. The van der Waals surface area contributed by atoms with Gasteiger partial charge < -0.3 is 4.57 Å². The van der Waals surface area contributed by atoms with E-state index in [2.05, 4.69) is 10.2 Å². The van der Waals surface area contributed by atoms with E-state index in [0.717, 1.165) is 11.0 Å². The monoisotopic (exact) mass is 303 g/mol. The number of Topliss-reactive ketones (excluding diaryl/α,β-unsaturated/α-hetero) is 1. The molecule has 0 bridgehead atoms. The number of rotatable bonds is 5. The topological polar surface area (TPSA) is 81.9 Å². The van der Waals surface area contributed by atoms with Crippen molar-refractivity contribution in [2.24, 2.45) is 7.05 Å². The van der Waals surface area contributed by atoms with Gasteiger partial charge in [0.25, 0.3) is 0 Å². The lowest BCUT2D eigenvalue weighted by Gasteiger charge is -2.07. The van der Waals surface area contributed by atoms with Crippen LogP contribution in [0, 0.1) is 0 Å². The van der Waals surface area contributed by atoms with Gasteiger partial charge in [0.1, 0.15) is 11.6 Å². The molecule has 6 nitrogen and oxygen atoms in total. The van der Waals surface area contributed by atoms with E-state index in [1.807, 2.05) is 11.6 Å². The molecule has 0 N–H and O–H groups in total. The number of aromatic nitrogens is 3. The Balaban J connectivity index is 2.04. The molecule has 19 heavy (non-hydrogen) atoms. The van der Waals surface area contributed by atoms with Crippen LogP contribution in [0.5, 0.6) is 0 Å². The van der Waals surface area contributed by atoms with Gasteiger partial charge in [-0.2, -0.15) is 0 Å². The molecule has 1 aromatic rings. The van der Waals surface area contributed by atoms with Crippen LogP contribution in [-0.2, 0) is 21.7 Å². The number of ketones is 1. The SMILES string of the molecule is CC(=O)CCSc1nnc([C@@H]2CCS(=O)(=O)C2)n1C. The Hall–Kier alpha value is -0.890. The average molecular weight is 303 g/mol. The van der Waals surface area contributed by atoms with Gasteiger partial charge in [0.15, 0.2) is 15.0 Å². The summed E-state index contributed by atoms with van der Waals surface area (Å²) in [5.74, 6) is 1.89. The molecule has 2 heterocycles. The molecule has 1 aromatic heterocycles. The third kappa shape index (κ3) is 3.56. The molecule has 0 unspecified atom stereocenters. The summed E-state index contributed by atoms with van der Waals surface area (Å²) in [7, 11) is -1.07. The molecule has 1 atom stereocenters. The van der Waals surface area contributed by atoms with E-state index in [9.17, 15) is 13.2 Å². The van der Waals surface area contributed by atoms with Crippen LogP contribution in [0.15, 0.2) is 5.16 Å². The first kappa shape index (κ1) is 14.5. The van der Waals surface area contributed by atoms with Crippen molar-refractivity contribution in [2.45, 2.75) is 30.8 Å². The van der Waals surface area contributed by atoms with Crippen molar-refractivity contribution in [3.8, 4) is 0 Å².